The Morgan fingerprint density at radius 2 is 1.88 bits per heavy atom. The molecule has 1 aliphatic rings. The first-order valence-corrected chi connectivity index (χ1v) is 6.53. The van der Waals surface area contributed by atoms with Gasteiger partial charge in [0.25, 0.3) is 0 Å². The van der Waals surface area contributed by atoms with Crippen molar-refractivity contribution in [3.8, 4) is 0 Å². The molecule has 0 bridgehead atoms. The third-order valence-electron chi connectivity index (χ3n) is 4.01. The smallest absolute Gasteiger partial charge is 0.0117 e. The van der Waals surface area contributed by atoms with Crippen molar-refractivity contribution < 1.29 is 0 Å². The number of hydrogen-bond donors (Lipinski definition) is 1. The van der Waals surface area contributed by atoms with Crippen LogP contribution in [-0.2, 0) is 0 Å². The van der Waals surface area contributed by atoms with Gasteiger partial charge in [0, 0.05) is 6.04 Å². The lowest BCUT2D eigenvalue weighted by Gasteiger charge is -2.36. The van der Waals surface area contributed by atoms with E-state index >= 15 is 0 Å². The molecule has 3 heteroatoms. The molecular weight excluding hydrogens is 198 g/mol. The molecule has 1 rings (SSSR count). The molecule has 1 fully saturated rings. The summed E-state index contributed by atoms with van der Waals surface area (Å²) in [4.78, 5) is 4.96. The molecule has 0 radical (unpaired) electrons. The Morgan fingerprint density at radius 3 is 2.38 bits per heavy atom. The molecular formula is C13H29N3. The maximum atomic E-state index is 5.76. The van der Waals surface area contributed by atoms with Crippen LogP contribution in [0.15, 0.2) is 0 Å². The van der Waals surface area contributed by atoms with Crippen molar-refractivity contribution in [3.05, 3.63) is 0 Å². The van der Waals surface area contributed by atoms with Crippen LogP contribution in [-0.4, -0.2) is 56.1 Å². The fraction of sp³-hybridized carbons (Fsp3) is 1.00. The average molecular weight is 227 g/mol. The van der Waals surface area contributed by atoms with Crippen LogP contribution in [0.3, 0.4) is 0 Å². The lowest BCUT2D eigenvalue weighted by molar-refractivity contribution is 0.131. The summed E-state index contributed by atoms with van der Waals surface area (Å²) in [5.41, 5.74) is 6.06. The van der Waals surface area contributed by atoms with Crippen LogP contribution >= 0.6 is 0 Å². The van der Waals surface area contributed by atoms with Crippen molar-refractivity contribution >= 4 is 0 Å². The molecule has 1 heterocycles. The SMILES string of the molecule is CN1CCC(N(C)CCC(C)(C)CN)CC1. The molecule has 0 aromatic heterocycles. The van der Waals surface area contributed by atoms with Crippen LogP contribution in [0.5, 0.6) is 0 Å². The second-order valence-electron chi connectivity index (χ2n) is 6.13. The number of rotatable bonds is 5. The van der Waals surface area contributed by atoms with Crippen LogP contribution in [0.25, 0.3) is 0 Å². The molecule has 0 aliphatic carbocycles. The summed E-state index contributed by atoms with van der Waals surface area (Å²) >= 11 is 0. The number of likely N-dealkylation sites (tertiary alicyclic amines) is 1. The van der Waals surface area contributed by atoms with E-state index in [1.165, 1.54) is 38.9 Å². The van der Waals surface area contributed by atoms with E-state index in [4.69, 9.17) is 5.73 Å². The van der Waals surface area contributed by atoms with Gasteiger partial charge in [-0.2, -0.15) is 0 Å². The Labute approximate surface area is 101 Å². The van der Waals surface area contributed by atoms with E-state index in [0.29, 0.717) is 5.41 Å². The van der Waals surface area contributed by atoms with Crippen molar-refractivity contribution in [1.29, 1.82) is 0 Å². The van der Waals surface area contributed by atoms with E-state index < -0.39 is 0 Å². The third-order valence-corrected chi connectivity index (χ3v) is 4.01. The van der Waals surface area contributed by atoms with E-state index in [-0.39, 0.29) is 0 Å². The highest BCUT2D eigenvalue weighted by Gasteiger charge is 2.22. The summed E-state index contributed by atoms with van der Waals surface area (Å²) in [6.07, 6.45) is 3.83. The average Bonchev–Trinajstić information content (AvgIpc) is 2.27. The molecule has 0 aromatic carbocycles. The summed E-state index contributed by atoms with van der Waals surface area (Å²) < 4.78 is 0. The van der Waals surface area contributed by atoms with E-state index in [1.807, 2.05) is 0 Å². The molecule has 16 heavy (non-hydrogen) atoms. The standard InChI is InChI=1S/C13H29N3/c1-13(2,11-14)7-10-16(4)12-5-8-15(3)9-6-12/h12H,5-11,14H2,1-4H3. The number of nitrogens with zero attached hydrogens (tertiary/aromatic N) is 2. The summed E-state index contributed by atoms with van der Waals surface area (Å²) in [5, 5.41) is 0. The molecule has 1 aliphatic heterocycles. The van der Waals surface area contributed by atoms with Gasteiger partial charge in [0.05, 0.1) is 0 Å². The minimum Gasteiger partial charge on any atom is -0.330 e. The van der Waals surface area contributed by atoms with Gasteiger partial charge >= 0.3 is 0 Å². The molecule has 0 saturated carbocycles. The molecule has 0 spiro atoms. The number of hydrogen-bond acceptors (Lipinski definition) is 3. The first-order chi connectivity index (χ1) is 7.44. The first kappa shape index (κ1) is 13.9. The minimum atomic E-state index is 0.291. The Hall–Kier alpha value is -0.120. The van der Waals surface area contributed by atoms with E-state index in [1.54, 1.807) is 0 Å². The monoisotopic (exact) mass is 227 g/mol. The van der Waals surface area contributed by atoms with Crippen molar-refractivity contribution in [1.82, 2.24) is 9.80 Å². The van der Waals surface area contributed by atoms with Crippen LogP contribution < -0.4 is 5.73 Å². The van der Waals surface area contributed by atoms with Gasteiger partial charge in [0.2, 0.25) is 0 Å². The van der Waals surface area contributed by atoms with E-state index in [9.17, 15) is 0 Å². The summed E-state index contributed by atoms with van der Waals surface area (Å²) in [6.45, 7) is 8.97. The molecule has 0 atom stereocenters. The predicted molar refractivity (Wildman–Crippen MR) is 70.6 cm³/mol. The maximum absolute atomic E-state index is 5.76. The normalized spacial score (nSPS) is 20.6. The highest BCUT2D eigenvalue weighted by atomic mass is 15.2. The fourth-order valence-electron chi connectivity index (χ4n) is 2.20. The zero-order valence-corrected chi connectivity index (χ0v) is 11.5. The maximum Gasteiger partial charge on any atom is 0.0117 e. The van der Waals surface area contributed by atoms with Crippen molar-refractivity contribution in [2.24, 2.45) is 11.1 Å². The molecule has 0 aromatic rings. The van der Waals surface area contributed by atoms with Crippen LogP contribution in [0, 0.1) is 5.41 Å². The highest BCUT2D eigenvalue weighted by molar-refractivity contribution is 4.78. The Balaban J connectivity index is 2.27. The van der Waals surface area contributed by atoms with Crippen molar-refractivity contribution in [2.45, 2.75) is 39.2 Å². The molecule has 2 N–H and O–H groups in total. The summed E-state index contributed by atoms with van der Waals surface area (Å²) in [6, 6.07) is 0.782. The Bertz CT molecular complexity index is 195. The van der Waals surface area contributed by atoms with E-state index in [2.05, 4.69) is 37.7 Å². The molecule has 3 nitrogen and oxygen atoms in total. The van der Waals surface area contributed by atoms with Crippen LogP contribution in [0.2, 0.25) is 0 Å². The Kier molecular flexibility index (Phi) is 5.22. The van der Waals surface area contributed by atoms with Crippen LogP contribution in [0.1, 0.15) is 33.1 Å². The lowest BCUT2D eigenvalue weighted by Crippen LogP contribution is -2.43. The summed E-state index contributed by atoms with van der Waals surface area (Å²) in [5.74, 6) is 0. The van der Waals surface area contributed by atoms with Gasteiger partial charge in [-0.1, -0.05) is 13.8 Å². The number of nitrogens with two attached hydrogens (primary N) is 1. The van der Waals surface area contributed by atoms with Gasteiger partial charge in [-0.15, -0.1) is 0 Å². The Morgan fingerprint density at radius 1 is 1.31 bits per heavy atom. The van der Waals surface area contributed by atoms with Crippen LogP contribution in [0.4, 0.5) is 0 Å². The highest BCUT2D eigenvalue weighted by Crippen LogP contribution is 2.21. The number of piperidine rings is 1. The van der Waals surface area contributed by atoms with Gasteiger partial charge in [0.15, 0.2) is 0 Å². The van der Waals surface area contributed by atoms with Gasteiger partial charge < -0.3 is 15.5 Å². The van der Waals surface area contributed by atoms with Gasteiger partial charge in [-0.3, -0.25) is 0 Å². The molecule has 0 unspecified atom stereocenters. The molecule has 96 valence electrons. The van der Waals surface area contributed by atoms with E-state index in [0.717, 1.165) is 12.6 Å². The first-order valence-electron chi connectivity index (χ1n) is 6.53. The van der Waals surface area contributed by atoms with Crippen molar-refractivity contribution in [2.75, 3.05) is 40.3 Å². The quantitative estimate of drug-likeness (QED) is 0.770. The zero-order chi connectivity index (χ0) is 12.2. The largest absolute Gasteiger partial charge is 0.330 e. The third kappa shape index (κ3) is 4.40. The molecule has 0 amide bonds. The molecule has 1 saturated heterocycles. The second-order valence-corrected chi connectivity index (χ2v) is 6.13. The lowest BCUT2D eigenvalue weighted by atomic mass is 9.89. The minimum absolute atomic E-state index is 0.291. The topological polar surface area (TPSA) is 32.5 Å². The van der Waals surface area contributed by atoms with Gasteiger partial charge in [0.1, 0.15) is 0 Å². The zero-order valence-electron chi connectivity index (χ0n) is 11.5. The second kappa shape index (κ2) is 5.99. The van der Waals surface area contributed by atoms with Crippen molar-refractivity contribution in [3.63, 3.8) is 0 Å². The summed E-state index contributed by atoms with van der Waals surface area (Å²) in [7, 11) is 4.48. The fourth-order valence-corrected chi connectivity index (χ4v) is 2.20. The predicted octanol–water partition coefficient (Wildman–Crippen LogP) is 1.39. The van der Waals surface area contributed by atoms with Gasteiger partial charge in [-0.05, 0) is 65.0 Å². The van der Waals surface area contributed by atoms with Gasteiger partial charge in [-0.25, -0.2) is 0 Å².